The highest BCUT2D eigenvalue weighted by atomic mass is 16.5. The van der Waals surface area contributed by atoms with Crippen LogP contribution in [0.2, 0.25) is 0 Å². The first-order valence-electron chi connectivity index (χ1n) is 11.5. The van der Waals surface area contributed by atoms with E-state index < -0.39 is 0 Å². The highest BCUT2D eigenvalue weighted by Crippen LogP contribution is 2.24. The van der Waals surface area contributed by atoms with Crippen molar-refractivity contribution in [2.45, 2.75) is 39.7 Å². The average Bonchev–Trinajstić information content (AvgIpc) is 3.17. The molecule has 0 aliphatic carbocycles. The Kier molecular flexibility index (Phi) is 7.25. The average molecular weight is 443 g/mol. The molecule has 1 aromatic heterocycles. The number of hydrogen-bond donors (Lipinski definition) is 2. The van der Waals surface area contributed by atoms with Crippen molar-refractivity contribution in [2.75, 3.05) is 17.2 Å². The van der Waals surface area contributed by atoms with Gasteiger partial charge in [-0.15, -0.1) is 0 Å². The third kappa shape index (κ3) is 5.52. The summed E-state index contributed by atoms with van der Waals surface area (Å²) in [7, 11) is 0. The molecule has 2 N–H and O–H groups in total. The maximum Gasteiger partial charge on any atom is 0.323 e. The van der Waals surface area contributed by atoms with Gasteiger partial charge in [-0.05, 0) is 61.7 Å². The van der Waals surface area contributed by atoms with Crippen LogP contribution in [0.5, 0.6) is 5.75 Å². The largest absolute Gasteiger partial charge is 0.492 e. The number of imidazole rings is 1. The number of carbonyl (C=O) groups excluding carboxylic acids is 1. The van der Waals surface area contributed by atoms with Gasteiger partial charge in [0.1, 0.15) is 11.6 Å². The number of nitrogens with one attached hydrogen (secondary N) is 2. The van der Waals surface area contributed by atoms with Crippen LogP contribution in [0, 0.1) is 0 Å². The number of aryl methyl sites for hydroxylation is 3. The standard InChI is InChI=1S/C27H30N4O2/c1-3-18-31-24-14-7-5-12-22(24)29-26(31)17-16-20-10-9-11-21(19-20)28-27(32)30-23-13-6-8-15-25(23)33-4-2/h5-15,19H,3-4,16-18H2,1-2H3,(H2,28,30,32). The van der Waals surface area contributed by atoms with Crippen LogP contribution in [0.15, 0.2) is 72.8 Å². The number of hydrogen-bond acceptors (Lipinski definition) is 3. The fourth-order valence-corrected chi connectivity index (χ4v) is 3.99. The van der Waals surface area contributed by atoms with E-state index >= 15 is 0 Å². The second-order valence-electron chi connectivity index (χ2n) is 7.88. The number of amides is 2. The fourth-order valence-electron chi connectivity index (χ4n) is 3.99. The van der Waals surface area contributed by atoms with Crippen molar-refractivity contribution in [1.82, 2.24) is 9.55 Å². The minimum atomic E-state index is -0.302. The zero-order valence-electron chi connectivity index (χ0n) is 19.2. The van der Waals surface area contributed by atoms with Gasteiger partial charge in [0, 0.05) is 18.7 Å². The molecule has 0 saturated carbocycles. The zero-order valence-corrected chi connectivity index (χ0v) is 19.2. The lowest BCUT2D eigenvalue weighted by Gasteiger charge is -2.13. The number of carbonyl (C=O) groups is 1. The summed E-state index contributed by atoms with van der Waals surface area (Å²) < 4.78 is 7.90. The summed E-state index contributed by atoms with van der Waals surface area (Å²) in [6, 6.07) is 23.4. The lowest BCUT2D eigenvalue weighted by molar-refractivity contribution is 0.262. The van der Waals surface area contributed by atoms with E-state index in [1.807, 2.05) is 55.5 Å². The van der Waals surface area contributed by atoms with Crippen LogP contribution in [-0.2, 0) is 19.4 Å². The van der Waals surface area contributed by atoms with Gasteiger partial charge in [0.05, 0.1) is 23.3 Å². The highest BCUT2D eigenvalue weighted by Gasteiger charge is 2.11. The smallest absolute Gasteiger partial charge is 0.323 e. The number of urea groups is 1. The van der Waals surface area contributed by atoms with E-state index in [2.05, 4.69) is 46.4 Å². The SMILES string of the molecule is CCCn1c(CCc2cccc(NC(=O)Nc3ccccc3OCC)c2)nc2ccccc21. The second kappa shape index (κ2) is 10.7. The highest BCUT2D eigenvalue weighted by molar-refractivity contribution is 6.00. The van der Waals surface area contributed by atoms with Crippen LogP contribution in [0.25, 0.3) is 11.0 Å². The Bertz CT molecular complexity index is 1230. The molecule has 0 saturated heterocycles. The van der Waals surface area contributed by atoms with Crippen molar-refractivity contribution in [1.29, 1.82) is 0 Å². The van der Waals surface area contributed by atoms with Gasteiger partial charge in [0.25, 0.3) is 0 Å². The van der Waals surface area contributed by atoms with Crippen molar-refractivity contribution in [3.05, 3.63) is 84.2 Å². The molecule has 4 aromatic rings. The summed E-state index contributed by atoms with van der Waals surface area (Å²) in [5.74, 6) is 1.75. The maximum atomic E-state index is 12.6. The molecule has 0 aliphatic rings. The lowest BCUT2D eigenvalue weighted by atomic mass is 10.1. The van der Waals surface area contributed by atoms with Gasteiger partial charge in [0.15, 0.2) is 0 Å². The van der Waals surface area contributed by atoms with Crippen molar-refractivity contribution < 1.29 is 9.53 Å². The van der Waals surface area contributed by atoms with E-state index in [-0.39, 0.29) is 6.03 Å². The molecule has 0 radical (unpaired) electrons. The molecule has 33 heavy (non-hydrogen) atoms. The molecule has 0 atom stereocenters. The van der Waals surface area contributed by atoms with Gasteiger partial charge < -0.3 is 19.9 Å². The van der Waals surface area contributed by atoms with Crippen LogP contribution in [0.4, 0.5) is 16.2 Å². The first kappa shape index (κ1) is 22.4. The molecule has 170 valence electrons. The van der Waals surface area contributed by atoms with Gasteiger partial charge in [-0.25, -0.2) is 9.78 Å². The number of nitrogens with zero attached hydrogens (tertiary/aromatic N) is 2. The Morgan fingerprint density at radius 2 is 1.76 bits per heavy atom. The Morgan fingerprint density at radius 1 is 0.939 bits per heavy atom. The van der Waals surface area contributed by atoms with Crippen molar-refractivity contribution in [2.24, 2.45) is 0 Å². The van der Waals surface area contributed by atoms with E-state index in [1.54, 1.807) is 0 Å². The van der Waals surface area contributed by atoms with Crippen molar-refractivity contribution >= 4 is 28.4 Å². The van der Waals surface area contributed by atoms with Crippen LogP contribution in [-0.4, -0.2) is 22.2 Å². The fraction of sp³-hybridized carbons (Fsp3) is 0.259. The molecule has 0 fully saturated rings. The number of anilines is 2. The molecule has 0 spiro atoms. The van der Waals surface area contributed by atoms with Crippen LogP contribution in [0.3, 0.4) is 0 Å². The third-order valence-corrected chi connectivity index (χ3v) is 5.44. The normalized spacial score (nSPS) is 10.8. The van der Waals surface area contributed by atoms with Gasteiger partial charge >= 0.3 is 6.03 Å². The topological polar surface area (TPSA) is 68.2 Å². The molecule has 6 nitrogen and oxygen atoms in total. The monoisotopic (exact) mass is 442 g/mol. The summed E-state index contributed by atoms with van der Waals surface area (Å²) in [6.07, 6.45) is 2.75. The predicted octanol–water partition coefficient (Wildman–Crippen LogP) is 6.27. The minimum absolute atomic E-state index is 0.302. The number of ether oxygens (including phenoxy) is 1. The predicted molar refractivity (Wildman–Crippen MR) is 134 cm³/mol. The van der Waals surface area contributed by atoms with E-state index in [0.717, 1.165) is 48.4 Å². The molecular formula is C27H30N4O2. The Hall–Kier alpha value is -3.80. The second-order valence-corrected chi connectivity index (χ2v) is 7.88. The van der Waals surface area contributed by atoms with Crippen molar-refractivity contribution in [3.8, 4) is 5.75 Å². The van der Waals surface area contributed by atoms with E-state index in [4.69, 9.17) is 9.72 Å². The Balaban J connectivity index is 1.42. The molecule has 1 heterocycles. The van der Waals surface area contributed by atoms with Crippen LogP contribution >= 0.6 is 0 Å². The first-order valence-corrected chi connectivity index (χ1v) is 11.5. The molecule has 6 heteroatoms. The van der Waals surface area contributed by atoms with E-state index in [9.17, 15) is 4.79 Å². The number of rotatable bonds is 9. The van der Waals surface area contributed by atoms with Gasteiger partial charge in [0.2, 0.25) is 0 Å². The minimum Gasteiger partial charge on any atom is -0.492 e. The maximum absolute atomic E-state index is 12.6. The molecular weight excluding hydrogens is 412 g/mol. The van der Waals surface area contributed by atoms with Crippen LogP contribution < -0.4 is 15.4 Å². The summed E-state index contributed by atoms with van der Waals surface area (Å²) >= 11 is 0. The number of para-hydroxylation sites is 4. The number of benzene rings is 3. The van der Waals surface area contributed by atoms with E-state index in [0.29, 0.717) is 18.0 Å². The van der Waals surface area contributed by atoms with E-state index in [1.165, 1.54) is 5.52 Å². The Morgan fingerprint density at radius 3 is 2.61 bits per heavy atom. The summed E-state index contributed by atoms with van der Waals surface area (Å²) in [5, 5.41) is 5.79. The van der Waals surface area contributed by atoms with Crippen molar-refractivity contribution in [3.63, 3.8) is 0 Å². The Labute approximate surface area is 194 Å². The van der Waals surface area contributed by atoms with Crippen LogP contribution in [0.1, 0.15) is 31.7 Å². The number of fused-ring (bicyclic) bond motifs is 1. The third-order valence-electron chi connectivity index (χ3n) is 5.44. The molecule has 0 bridgehead atoms. The molecule has 0 unspecified atom stereocenters. The van der Waals surface area contributed by atoms with Gasteiger partial charge in [-0.3, -0.25) is 0 Å². The zero-order chi connectivity index (χ0) is 23.0. The summed E-state index contributed by atoms with van der Waals surface area (Å²) in [5.41, 5.74) is 4.77. The molecule has 2 amide bonds. The number of aromatic nitrogens is 2. The molecule has 4 rings (SSSR count). The van der Waals surface area contributed by atoms with Gasteiger partial charge in [-0.1, -0.05) is 43.3 Å². The molecule has 3 aromatic carbocycles. The summed E-state index contributed by atoms with van der Waals surface area (Å²) in [6.45, 7) is 5.60. The van der Waals surface area contributed by atoms with Gasteiger partial charge in [-0.2, -0.15) is 0 Å². The molecule has 0 aliphatic heterocycles. The first-order chi connectivity index (χ1) is 16.2. The quantitative estimate of drug-likeness (QED) is 0.321. The summed E-state index contributed by atoms with van der Waals surface area (Å²) in [4.78, 5) is 17.4. The lowest BCUT2D eigenvalue weighted by Crippen LogP contribution is -2.20.